The largest absolute Gasteiger partial charge is 0.416 e. The zero-order valence-corrected chi connectivity index (χ0v) is 17.0. The predicted octanol–water partition coefficient (Wildman–Crippen LogP) is -0.155. The van der Waals surface area contributed by atoms with Crippen LogP contribution in [-0.4, -0.2) is 9.78 Å². The standard InChI is InChI=1S/C19H19F3N3.ClHO4/c1-18(2,3)25-13-24(17(23-25)14-8-5-4-6-9-14)16-11-7-10-15(12-16)19(20,21)22;2-1(3,4)5/h4-13H,1-3H3;(H,2,3,4,5)/q+1;/p-1. The van der Waals surface area contributed by atoms with Crippen molar-refractivity contribution in [2.24, 2.45) is 0 Å². The summed E-state index contributed by atoms with van der Waals surface area (Å²) in [6.45, 7) is 5.97. The number of aromatic nitrogens is 3. The first-order valence-electron chi connectivity index (χ1n) is 8.53. The van der Waals surface area contributed by atoms with E-state index < -0.39 is 22.0 Å². The number of rotatable bonds is 2. The summed E-state index contributed by atoms with van der Waals surface area (Å²) in [6.07, 6.45) is -2.65. The van der Waals surface area contributed by atoms with E-state index >= 15 is 0 Å². The lowest BCUT2D eigenvalue weighted by molar-refractivity contribution is -2.00. The molecular weight excluding hydrogens is 427 g/mol. The second kappa shape index (κ2) is 8.70. The van der Waals surface area contributed by atoms with Gasteiger partial charge >= 0.3 is 12.0 Å². The van der Waals surface area contributed by atoms with Crippen LogP contribution in [0.3, 0.4) is 0 Å². The minimum atomic E-state index is -4.94. The molecule has 0 fully saturated rings. The molecule has 0 unspecified atom stereocenters. The molecule has 7 nitrogen and oxygen atoms in total. The molecule has 0 radical (unpaired) electrons. The van der Waals surface area contributed by atoms with Gasteiger partial charge in [-0.3, -0.25) is 0 Å². The lowest BCUT2D eigenvalue weighted by Crippen LogP contribution is -2.68. The van der Waals surface area contributed by atoms with Crippen molar-refractivity contribution in [2.45, 2.75) is 32.5 Å². The lowest BCUT2D eigenvalue weighted by Gasteiger charge is -2.17. The van der Waals surface area contributed by atoms with Gasteiger partial charge in [0.25, 0.3) is 0 Å². The van der Waals surface area contributed by atoms with Crippen molar-refractivity contribution in [1.29, 1.82) is 0 Å². The van der Waals surface area contributed by atoms with Gasteiger partial charge in [-0.25, -0.2) is 18.6 Å². The Balaban J connectivity index is 0.000000575. The third kappa shape index (κ3) is 6.78. The van der Waals surface area contributed by atoms with E-state index in [9.17, 15) is 13.2 Å². The molecule has 0 aliphatic rings. The maximum atomic E-state index is 13.1. The molecule has 0 saturated heterocycles. The SMILES string of the molecule is CC(C)(C)n1c[n+](-c2cccc(C(F)(F)F)c2)c(-c2ccccc2)n1.[O-][Cl+3]([O-])([O-])[O-]. The highest BCUT2D eigenvalue weighted by molar-refractivity contribution is 5.52. The molecule has 0 amide bonds. The Hall–Kier alpha value is -2.50. The smallest absolute Gasteiger partial charge is 0.222 e. The lowest BCUT2D eigenvalue weighted by atomic mass is 10.1. The van der Waals surface area contributed by atoms with E-state index in [1.807, 2.05) is 51.1 Å². The van der Waals surface area contributed by atoms with Gasteiger partial charge in [-0.15, -0.1) is 14.9 Å². The van der Waals surface area contributed by atoms with Crippen LogP contribution in [0.25, 0.3) is 17.1 Å². The van der Waals surface area contributed by atoms with Gasteiger partial charge in [-0.2, -0.15) is 17.7 Å². The summed E-state index contributed by atoms with van der Waals surface area (Å²) in [5.41, 5.74) is 0.281. The Bertz CT molecular complexity index is 975. The van der Waals surface area contributed by atoms with Crippen LogP contribution in [0.5, 0.6) is 0 Å². The van der Waals surface area contributed by atoms with Crippen molar-refractivity contribution in [3.05, 3.63) is 66.5 Å². The highest BCUT2D eigenvalue weighted by Crippen LogP contribution is 2.30. The first-order chi connectivity index (χ1) is 13.7. The normalized spacial score (nSPS) is 12.3. The molecule has 0 aliphatic heterocycles. The summed E-state index contributed by atoms with van der Waals surface area (Å²) in [7, 11) is -4.94. The van der Waals surface area contributed by atoms with E-state index in [0.29, 0.717) is 11.5 Å². The molecule has 0 bridgehead atoms. The van der Waals surface area contributed by atoms with Gasteiger partial charge in [0.2, 0.25) is 6.33 Å². The number of hydrogen-bond acceptors (Lipinski definition) is 5. The Morgan fingerprint density at radius 3 is 1.97 bits per heavy atom. The van der Waals surface area contributed by atoms with Crippen LogP contribution < -0.4 is 23.2 Å². The van der Waals surface area contributed by atoms with Crippen molar-refractivity contribution in [1.82, 2.24) is 9.78 Å². The fourth-order valence-corrected chi connectivity index (χ4v) is 2.47. The summed E-state index contributed by atoms with van der Waals surface area (Å²) >= 11 is 0. The van der Waals surface area contributed by atoms with E-state index in [4.69, 9.17) is 18.6 Å². The Kier molecular flexibility index (Phi) is 6.90. The predicted molar refractivity (Wildman–Crippen MR) is 89.2 cm³/mol. The van der Waals surface area contributed by atoms with E-state index in [1.54, 1.807) is 21.6 Å². The molecule has 0 N–H and O–H groups in total. The average Bonchev–Trinajstić information content (AvgIpc) is 3.06. The molecule has 30 heavy (non-hydrogen) atoms. The second-order valence-electron chi connectivity index (χ2n) is 7.22. The van der Waals surface area contributed by atoms with E-state index in [1.165, 1.54) is 6.07 Å². The maximum absolute atomic E-state index is 13.1. The maximum Gasteiger partial charge on any atom is 0.416 e. The number of benzene rings is 2. The summed E-state index contributed by atoms with van der Waals surface area (Å²) in [5.74, 6) is 0.592. The molecule has 3 rings (SSSR count). The Morgan fingerprint density at radius 1 is 0.900 bits per heavy atom. The van der Waals surface area contributed by atoms with Crippen LogP contribution >= 0.6 is 0 Å². The zero-order chi connectivity index (χ0) is 22.7. The van der Waals surface area contributed by atoms with Crippen LogP contribution in [0.1, 0.15) is 26.3 Å². The van der Waals surface area contributed by atoms with Crippen LogP contribution in [0, 0.1) is 10.2 Å². The average molecular weight is 446 g/mol. The van der Waals surface area contributed by atoms with Crippen molar-refractivity contribution in [2.75, 3.05) is 0 Å². The van der Waals surface area contributed by atoms with Gasteiger partial charge in [0.1, 0.15) is 11.2 Å². The summed E-state index contributed by atoms with van der Waals surface area (Å²) < 4.78 is 76.6. The number of alkyl halides is 3. The third-order valence-electron chi connectivity index (χ3n) is 3.83. The van der Waals surface area contributed by atoms with Crippen molar-refractivity contribution in [3.8, 4) is 17.1 Å². The molecule has 1 aromatic heterocycles. The number of hydrogen-bond donors (Lipinski definition) is 0. The first kappa shape index (κ1) is 23.8. The fourth-order valence-electron chi connectivity index (χ4n) is 2.47. The van der Waals surface area contributed by atoms with Gasteiger partial charge in [0, 0.05) is 5.10 Å². The Labute approximate surface area is 173 Å². The van der Waals surface area contributed by atoms with Gasteiger partial charge in [-0.1, -0.05) is 24.3 Å². The quantitative estimate of drug-likeness (QED) is 0.509. The highest BCUT2D eigenvalue weighted by atomic mass is 35.7. The summed E-state index contributed by atoms with van der Waals surface area (Å²) in [4.78, 5) is 0. The molecule has 11 heteroatoms. The van der Waals surface area contributed by atoms with Crippen LogP contribution in [-0.2, 0) is 11.7 Å². The van der Waals surface area contributed by atoms with Crippen molar-refractivity contribution < 1.29 is 46.6 Å². The first-order valence-corrected chi connectivity index (χ1v) is 9.76. The van der Waals surface area contributed by atoms with Gasteiger partial charge in [-0.05, 0) is 51.1 Å². The van der Waals surface area contributed by atoms with Gasteiger partial charge < -0.3 is 0 Å². The van der Waals surface area contributed by atoms with Crippen molar-refractivity contribution in [3.63, 3.8) is 0 Å². The van der Waals surface area contributed by atoms with Gasteiger partial charge in [0.15, 0.2) is 0 Å². The molecule has 0 spiro atoms. The minimum absolute atomic E-state index is 0.295. The molecule has 0 aliphatic carbocycles. The molecule has 1 heterocycles. The molecule has 3 aromatic rings. The highest BCUT2D eigenvalue weighted by Gasteiger charge is 2.32. The molecular formula is C19H19ClF3N3O4. The van der Waals surface area contributed by atoms with E-state index in [-0.39, 0.29) is 5.54 Å². The van der Waals surface area contributed by atoms with E-state index in [2.05, 4.69) is 5.10 Å². The second-order valence-corrected chi connectivity index (χ2v) is 7.97. The van der Waals surface area contributed by atoms with Crippen LogP contribution in [0.4, 0.5) is 13.2 Å². The van der Waals surface area contributed by atoms with Crippen molar-refractivity contribution >= 4 is 0 Å². The zero-order valence-electron chi connectivity index (χ0n) is 16.3. The molecule has 162 valence electrons. The summed E-state index contributed by atoms with van der Waals surface area (Å²) in [6, 6.07) is 14.7. The monoisotopic (exact) mass is 445 g/mol. The number of halogens is 4. The van der Waals surface area contributed by atoms with Gasteiger partial charge in [0.05, 0.1) is 11.1 Å². The van der Waals surface area contributed by atoms with E-state index in [0.717, 1.165) is 17.7 Å². The topological polar surface area (TPSA) is 114 Å². The fraction of sp³-hybridized carbons (Fsp3) is 0.263. The Morgan fingerprint density at radius 2 is 1.47 bits per heavy atom. The molecule has 0 atom stereocenters. The van der Waals surface area contributed by atoms with Crippen LogP contribution in [0.15, 0.2) is 60.9 Å². The molecule has 0 saturated carbocycles. The third-order valence-corrected chi connectivity index (χ3v) is 3.83. The number of nitrogens with zero attached hydrogens (tertiary/aromatic N) is 3. The minimum Gasteiger partial charge on any atom is -0.222 e. The molecule has 2 aromatic carbocycles. The van der Waals surface area contributed by atoms with Crippen LogP contribution in [0.2, 0.25) is 0 Å². The summed E-state index contributed by atoms with van der Waals surface area (Å²) in [5, 5.41) is 4.62.